The standard InChI is InChI=1S/C13H13F3N2S/c1-8-7-19-12(18-8)2-3-17-6-9-4-10(14)13(16)11(15)5-9/h4-5,7,17H,2-3,6H2,1H3. The first-order chi connectivity index (χ1) is 9.06. The topological polar surface area (TPSA) is 24.9 Å². The monoisotopic (exact) mass is 286 g/mol. The lowest BCUT2D eigenvalue weighted by atomic mass is 10.2. The van der Waals surface area contributed by atoms with Crippen LogP contribution in [-0.4, -0.2) is 11.5 Å². The van der Waals surface area contributed by atoms with Gasteiger partial charge in [-0.05, 0) is 24.6 Å². The fourth-order valence-corrected chi connectivity index (χ4v) is 2.43. The zero-order valence-corrected chi connectivity index (χ0v) is 11.2. The van der Waals surface area contributed by atoms with Crippen LogP contribution in [0.15, 0.2) is 17.5 Å². The summed E-state index contributed by atoms with van der Waals surface area (Å²) in [5, 5.41) is 6.03. The van der Waals surface area contributed by atoms with Crippen LogP contribution in [0.4, 0.5) is 13.2 Å². The van der Waals surface area contributed by atoms with Crippen LogP contribution in [-0.2, 0) is 13.0 Å². The summed E-state index contributed by atoms with van der Waals surface area (Å²) in [5.41, 5.74) is 1.37. The van der Waals surface area contributed by atoms with E-state index in [1.165, 1.54) is 0 Å². The number of aromatic nitrogens is 1. The highest BCUT2D eigenvalue weighted by molar-refractivity contribution is 7.09. The highest BCUT2D eigenvalue weighted by Crippen LogP contribution is 2.13. The van der Waals surface area contributed by atoms with E-state index in [1.54, 1.807) is 11.3 Å². The summed E-state index contributed by atoms with van der Waals surface area (Å²) < 4.78 is 38.7. The minimum atomic E-state index is -1.43. The van der Waals surface area contributed by atoms with E-state index >= 15 is 0 Å². The Labute approximate surface area is 113 Å². The van der Waals surface area contributed by atoms with Gasteiger partial charge in [0.1, 0.15) is 0 Å². The molecule has 0 amide bonds. The van der Waals surface area contributed by atoms with Gasteiger partial charge in [0.15, 0.2) is 17.5 Å². The molecule has 0 saturated heterocycles. The third-order valence-electron chi connectivity index (χ3n) is 2.55. The van der Waals surface area contributed by atoms with Crippen LogP contribution in [0.5, 0.6) is 0 Å². The Kier molecular flexibility index (Phi) is 4.55. The van der Waals surface area contributed by atoms with Crippen molar-refractivity contribution < 1.29 is 13.2 Å². The summed E-state index contributed by atoms with van der Waals surface area (Å²) >= 11 is 1.58. The number of benzene rings is 1. The predicted molar refractivity (Wildman–Crippen MR) is 68.6 cm³/mol. The third kappa shape index (κ3) is 3.78. The van der Waals surface area contributed by atoms with Gasteiger partial charge in [0, 0.05) is 30.6 Å². The first kappa shape index (κ1) is 14.0. The molecule has 0 unspecified atom stereocenters. The highest BCUT2D eigenvalue weighted by atomic mass is 32.1. The van der Waals surface area contributed by atoms with Gasteiger partial charge in [-0.1, -0.05) is 0 Å². The molecule has 1 heterocycles. The SMILES string of the molecule is Cc1csc(CCNCc2cc(F)c(F)c(F)c2)n1. The van der Waals surface area contributed by atoms with E-state index in [0.717, 1.165) is 29.3 Å². The Balaban J connectivity index is 1.83. The molecular formula is C13H13F3N2S. The lowest BCUT2D eigenvalue weighted by Crippen LogP contribution is -2.17. The second-order valence-corrected chi connectivity index (χ2v) is 5.13. The summed E-state index contributed by atoms with van der Waals surface area (Å²) in [6.45, 7) is 2.86. The van der Waals surface area contributed by atoms with E-state index in [0.29, 0.717) is 18.7 Å². The van der Waals surface area contributed by atoms with Crippen LogP contribution >= 0.6 is 11.3 Å². The summed E-state index contributed by atoms with van der Waals surface area (Å²) in [6, 6.07) is 2.00. The van der Waals surface area contributed by atoms with Crippen molar-refractivity contribution >= 4 is 11.3 Å². The zero-order valence-electron chi connectivity index (χ0n) is 10.3. The minimum Gasteiger partial charge on any atom is -0.312 e. The number of thiazole rings is 1. The van der Waals surface area contributed by atoms with Gasteiger partial charge in [0.05, 0.1) is 5.01 Å². The first-order valence-corrected chi connectivity index (χ1v) is 6.69. The maximum absolute atomic E-state index is 13.0. The first-order valence-electron chi connectivity index (χ1n) is 5.81. The molecule has 1 aromatic heterocycles. The Hall–Kier alpha value is -1.40. The van der Waals surface area contributed by atoms with Gasteiger partial charge in [-0.15, -0.1) is 11.3 Å². The van der Waals surface area contributed by atoms with E-state index in [9.17, 15) is 13.2 Å². The van der Waals surface area contributed by atoms with Crippen molar-refractivity contribution in [3.63, 3.8) is 0 Å². The van der Waals surface area contributed by atoms with Crippen LogP contribution < -0.4 is 5.32 Å². The molecule has 0 atom stereocenters. The Morgan fingerprint density at radius 2 is 1.89 bits per heavy atom. The number of nitrogens with one attached hydrogen (secondary N) is 1. The normalized spacial score (nSPS) is 10.9. The maximum Gasteiger partial charge on any atom is 0.194 e. The average molecular weight is 286 g/mol. The summed E-state index contributed by atoms with van der Waals surface area (Å²) in [7, 11) is 0. The van der Waals surface area contributed by atoms with Crippen molar-refractivity contribution in [3.05, 3.63) is 51.2 Å². The van der Waals surface area contributed by atoms with Crippen molar-refractivity contribution in [2.24, 2.45) is 0 Å². The molecule has 19 heavy (non-hydrogen) atoms. The molecule has 0 radical (unpaired) electrons. The van der Waals surface area contributed by atoms with Gasteiger partial charge in [0.2, 0.25) is 0 Å². The number of nitrogens with zero attached hydrogens (tertiary/aromatic N) is 1. The number of rotatable bonds is 5. The second-order valence-electron chi connectivity index (χ2n) is 4.18. The van der Waals surface area contributed by atoms with Crippen molar-refractivity contribution in [2.45, 2.75) is 19.9 Å². The van der Waals surface area contributed by atoms with Crippen LogP contribution in [0, 0.1) is 24.4 Å². The molecule has 1 N–H and O–H groups in total. The number of aryl methyl sites for hydroxylation is 1. The molecule has 0 aliphatic heterocycles. The fraction of sp³-hybridized carbons (Fsp3) is 0.308. The van der Waals surface area contributed by atoms with Crippen molar-refractivity contribution in [1.29, 1.82) is 0 Å². The second kappa shape index (κ2) is 6.16. The molecule has 0 saturated carbocycles. The maximum atomic E-state index is 13.0. The molecule has 0 bridgehead atoms. The molecule has 0 aliphatic carbocycles. The van der Waals surface area contributed by atoms with E-state index in [2.05, 4.69) is 10.3 Å². The average Bonchev–Trinajstić information content (AvgIpc) is 2.77. The Morgan fingerprint density at radius 3 is 2.47 bits per heavy atom. The molecule has 1 aromatic carbocycles. The van der Waals surface area contributed by atoms with Crippen LogP contribution in [0.3, 0.4) is 0 Å². The van der Waals surface area contributed by atoms with Gasteiger partial charge in [-0.2, -0.15) is 0 Å². The van der Waals surface area contributed by atoms with Gasteiger partial charge in [0.25, 0.3) is 0 Å². The summed E-state index contributed by atoms with van der Waals surface area (Å²) in [6.07, 6.45) is 0.755. The molecule has 0 aliphatic rings. The smallest absolute Gasteiger partial charge is 0.194 e. The molecule has 2 rings (SSSR count). The Morgan fingerprint density at radius 1 is 1.21 bits per heavy atom. The van der Waals surface area contributed by atoms with Crippen LogP contribution in [0.2, 0.25) is 0 Å². The van der Waals surface area contributed by atoms with Gasteiger partial charge < -0.3 is 5.32 Å². The van der Waals surface area contributed by atoms with E-state index < -0.39 is 17.5 Å². The molecule has 0 fully saturated rings. The summed E-state index contributed by atoms with van der Waals surface area (Å²) in [5.74, 6) is -3.75. The quantitative estimate of drug-likeness (QED) is 0.674. The minimum absolute atomic E-state index is 0.290. The van der Waals surface area contributed by atoms with Gasteiger partial charge in [-0.25, -0.2) is 18.2 Å². The zero-order chi connectivity index (χ0) is 13.8. The molecule has 0 spiro atoms. The lowest BCUT2D eigenvalue weighted by Gasteiger charge is -2.05. The number of hydrogen-bond acceptors (Lipinski definition) is 3. The highest BCUT2D eigenvalue weighted by Gasteiger charge is 2.10. The Bertz CT molecular complexity index is 546. The van der Waals surface area contributed by atoms with E-state index in [1.807, 2.05) is 12.3 Å². The van der Waals surface area contributed by atoms with Crippen LogP contribution in [0.25, 0.3) is 0 Å². The van der Waals surface area contributed by atoms with Crippen molar-refractivity contribution in [2.75, 3.05) is 6.54 Å². The van der Waals surface area contributed by atoms with E-state index in [-0.39, 0.29) is 0 Å². The largest absolute Gasteiger partial charge is 0.312 e. The molecular weight excluding hydrogens is 273 g/mol. The summed E-state index contributed by atoms with van der Waals surface area (Å²) in [4.78, 5) is 4.30. The molecule has 6 heteroatoms. The molecule has 2 aromatic rings. The molecule has 2 nitrogen and oxygen atoms in total. The predicted octanol–water partition coefficient (Wildman–Crippen LogP) is 3.20. The van der Waals surface area contributed by atoms with Crippen LogP contribution in [0.1, 0.15) is 16.3 Å². The third-order valence-corrected chi connectivity index (χ3v) is 3.58. The van der Waals surface area contributed by atoms with Gasteiger partial charge >= 0.3 is 0 Å². The lowest BCUT2D eigenvalue weighted by molar-refractivity contribution is 0.444. The van der Waals surface area contributed by atoms with E-state index in [4.69, 9.17) is 0 Å². The van der Waals surface area contributed by atoms with Gasteiger partial charge in [-0.3, -0.25) is 0 Å². The van der Waals surface area contributed by atoms with Crippen molar-refractivity contribution in [3.8, 4) is 0 Å². The molecule has 102 valence electrons. The number of hydrogen-bond donors (Lipinski definition) is 1. The van der Waals surface area contributed by atoms with Crippen molar-refractivity contribution in [1.82, 2.24) is 10.3 Å². The fourth-order valence-electron chi connectivity index (χ4n) is 1.66. The number of halogens is 3.